The first-order valence-electron chi connectivity index (χ1n) is 9.67. The van der Waals surface area contributed by atoms with Crippen LogP contribution in [-0.4, -0.2) is 30.6 Å². The molecule has 0 unspecified atom stereocenters. The molecule has 9 heteroatoms. The van der Waals surface area contributed by atoms with Gasteiger partial charge in [-0.1, -0.05) is 0 Å². The number of aromatic nitrogens is 5. The number of pyridine rings is 1. The minimum atomic E-state index is -0.353. The fraction of sp³-hybridized carbons (Fsp3) is 0.136. The number of benzene rings is 1. The Kier molecular flexibility index (Phi) is 4.18. The van der Waals surface area contributed by atoms with Crippen LogP contribution in [0.25, 0.3) is 28.4 Å². The summed E-state index contributed by atoms with van der Waals surface area (Å²) in [6.07, 6.45) is 4.83. The highest BCUT2D eigenvalue weighted by Crippen LogP contribution is 2.31. The Hall–Kier alpha value is -4.27. The van der Waals surface area contributed by atoms with E-state index < -0.39 is 0 Å². The standard InChI is InChI=1S/C22H19N8O/c1-11-20(23)25-10-18(26-11)17-8-13-6-7-24-22(31)19(13)21(28-17)27-14-4-5-15-12(2)30(3)29-16(15)9-14/h4-10H,1-3H3,(H2,23,25)(H,27,28). The van der Waals surface area contributed by atoms with Crippen molar-refractivity contribution in [1.82, 2.24) is 30.0 Å². The first kappa shape index (κ1) is 18.7. The molecule has 5 rings (SSSR count). The summed E-state index contributed by atoms with van der Waals surface area (Å²) in [6.45, 7) is 3.81. The highest BCUT2D eigenvalue weighted by Gasteiger charge is 2.23. The van der Waals surface area contributed by atoms with Crippen molar-refractivity contribution in [3.05, 3.63) is 59.2 Å². The highest BCUT2D eigenvalue weighted by molar-refractivity contribution is 6.05. The topological polar surface area (TPSA) is 126 Å². The SMILES string of the molecule is Cc1nc(-c2cc3c(c(Nc4ccc5c(C)n(C)nc5c4)n2)C(=O)[N]C=C3)cnc1N. The number of hydrogen-bond acceptors (Lipinski definition) is 7. The van der Waals surface area contributed by atoms with Gasteiger partial charge in [-0.15, -0.1) is 0 Å². The van der Waals surface area contributed by atoms with E-state index in [1.54, 1.807) is 25.3 Å². The number of carbonyl (C=O) groups is 1. The Labute approximate surface area is 178 Å². The maximum atomic E-state index is 12.5. The van der Waals surface area contributed by atoms with Crippen molar-refractivity contribution in [2.24, 2.45) is 7.05 Å². The average molecular weight is 411 g/mol. The normalized spacial score (nSPS) is 12.7. The van der Waals surface area contributed by atoms with Gasteiger partial charge in [-0.3, -0.25) is 9.48 Å². The molecule has 0 atom stereocenters. The van der Waals surface area contributed by atoms with Crippen molar-refractivity contribution >= 4 is 40.2 Å². The number of nitrogen functional groups attached to an aromatic ring is 1. The molecule has 1 aromatic carbocycles. The lowest BCUT2D eigenvalue weighted by atomic mass is 10.0. The summed E-state index contributed by atoms with van der Waals surface area (Å²) in [5.41, 5.74) is 11.4. The van der Waals surface area contributed by atoms with Crippen LogP contribution < -0.4 is 16.4 Å². The van der Waals surface area contributed by atoms with Gasteiger partial charge in [-0.2, -0.15) is 5.10 Å². The van der Waals surface area contributed by atoms with E-state index in [0.29, 0.717) is 39.8 Å². The maximum absolute atomic E-state index is 12.5. The van der Waals surface area contributed by atoms with E-state index in [4.69, 9.17) is 5.73 Å². The van der Waals surface area contributed by atoms with Crippen molar-refractivity contribution < 1.29 is 4.79 Å². The molecule has 4 heterocycles. The van der Waals surface area contributed by atoms with Gasteiger partial charge < -0.3 is 11.1 Å². The first-order valence-corrected chi connectivity index (χ1v) is 9.67. The van der Waals surface area contributed by atoms with Gasteiger partial charge in [0.05, 0.1) is 28.7 Å². The van der Waals surface area contributed by atoms with E-state index in [2.05, 4.69) is 30.7 Å². The second-order valence-corrected chi connectivity index (χ2v) is 7.36. The Morgan fingerprint density at radius 3 is 2.74 bits per heavy atom. The molecule has 1 amide bonds. The third-order valence-electron chi connectivity index (χ3n) is 5.35. The van der Waals surface area contributed by atoms with Gasteiger partial charge in [0.1, 0.15) is 17.3 Å². The molecular weight excluding hydrogens is 392 g/mol. The lowest BCUT2D eigenvalue weighted by Crippen LogP contribution is -2.18. The molecule has 4 aromatic rings. The fourth-order valence-electron chi connectivity index (χ4n) is 3.55. The van der Waals surface area contributed by atoms with Crippen molar-refractivity contribution in [1.29, 1.82) is 0 Å². The summed E-state index contributed by atoms with van der Waals surface area (Å²) in [4.78, 5) is 25.9. The number of anilines is 3. The van der Waals surface area contributed by atoms with Crippen molar-refractivity contribution in [3.63, 3.8) is 0 Å². The summed E-state index contributed by atoms with van der Waals surface area (Å²) in [5.74, 6) is 0.412. The van der Waals surface area contributed by atoms with Gasteiger partial charge in [-0.25, -0.2) is 20.3 Å². The molecule has 0 saturated carbocycles. The molecule has 1 radical (unpaired) electrons. The number of hydrogen-bond donors (Lipinski definition) is 2. The smallest absolute Gasteiger partial charge is 0.281 e. The molecule has 0 bridgehead atoms. The summed E-state index contributed by atoms with van der Waals surface area (Å²) in [6, 6.07) is 7.66. The monoisotopic (exact) mass is 411 g/mol. The number of fused-ring (bicyclic) bond motifs is 2. The molecule has 3 aromatic heterocycles. The van der Waals surface area contributed by atoms with Crippen molar-refractivity contribution in [2.75, 3.05) is 11.1 Å². The van der Waals surface area contributed by atoms with Crippen molar-refractivity contribution in [3.8, 4) is 11.4 Å². The fourth-order valence-corrected chi connectivity index (χ4v) is 3.55. The van der Waals surface area contributed by atoms with E-state index in [9.17, 15) is 4.79 Å². The van der Waals surface area contributed by atoms with E-state index in [-0.39, 0.29) is 5.91 Å². The van der Waals surface area contributed by atoms with E-state index >= 15 is 0 Å². The minimum absolute atomic E-state index is 0.353. The van der Waals surface area contributed by atoms with Gasteiger partial charge in [0, 0.05) is 30.0 Å². The average Bonchev–Trinajstić information content (AvgIpc) is 3.03. The van der Waals surface area contributed by atoms with Gasteiger partial charge in [0.15, 0.2) is 0 Å². The lowest BCUT2D eigenvalue weighted by Gasteiger charge is -2.16. The van der Waals surface area contributed by atoms with Gasteiger partial charge in [0.2, 0.25) is 0 Å². The van der Waals surface area contributed by atoms with Crippen LogP contribution in [0.4, 0.5) is 17.3 Å². The van der Waals surface area contributed by atoms with E-state index in [1.807, 2.05) is 36.9 Å². The number of nitrogens with zero attached hydrogens (tertiary/aromatic N) is 6. The molecule has 0 fully saturated rings. The Morgan fingerprint density at radius 2 is 1.94 bits per heavy atom. The van der Waals surface area contributed by atoms with Crippen LogP contribution in [0.15, 0.2) is 36.7 Å². The van der Waals surface area contributed by atoms with Crippen LogP contribution in [0.2, 0.25) is 0 Å². The molecular formula is C22H19N8O. The zero-order valence-electron chi connectivity index (χ0n) is 17.2. The van der Waals surface area contributed by atoms with Crippen LogP contribution >= 0.6 is 0 Å². The third kappa shape index (κ3) is 3.16. The molecule has 153 valence electrons. The molecule has 0 spiro atoms. The predicted molar refractivity (Wildman–Crippen MR) is 119 cm³/mol. The maximum Gasteiger partial charge on any atom is 0.281 e. The third-order valence-corrected chi connectivity index (χ3v) is 5.35. The summed E-state index contributed by atoms with van der Waals surface area (Å²) in [5, 5.41) is 12.8. The number of amides is 1. The summed E-state index contributed by atoms with van der Waals surface area (Å²) >= 11 is 0. The second-order valence-electron chi connectivity index (χ2n) is 7.36. The lowest BCUT2D eigenvalue weighted by molar-refractivity contribution is 0.0965. The minimum Gasteiger partial charge on any atom is -0.382 e. The van der Waals surface area contributed by atoms with Gasteiger partial charge >= 0.3 is 0 Å². The molecule has 0 aliphatic carbocycles. The van der Waals surface area contributed by atoms with Crippen LogP contribution in [0.5, 0.6) is 0 Å². The van der Waals surface area contributed by atoms with E-state index in [1.165, 1.54) is 6.20 Å². The Morgan fingerprint density at radius 1 is 1.10 bits per heavy atom. The quantitative estimate of drug-likeness (QED) is 0.530. The van der Waals surface area contributed by atoms with Gasteiger partial charge in [-0.05, 0) is 49.8 Å². The van der Waals surface area contributed by atoms with Crippen LogP contribution in [0.3, 0.4) is 0 Å². The summed E-state index contributed by atoms with van der Waals surface area (Å²) < 4.78 is 1.84. The van der Waals surface area contributed by atoms with Crippen LogP contribution in [0, 0.1) is 13.8 Å². The Balaban J connectivity index is 1.63. The number of carbonyl (C=O) groups excluding carboxylic acids is 1. The van der Waals surface area contributed by atoms with Crippen LogP contribution in [0.1, 0.15) is 27.3 Å². The number of nitrogens with two attached hydrogens (primary N) is 1. The molecule has 1 aliphatic rings. The predicted octanol–water partition coefficient (Wildman–Crippen LogP) is 3.10. The number of rotatable bonds is 3. The van der Waals surface area contributed by atoms with Crippen molar-refractivity contribution in [2.45, 2.75) is 13.8 Å². The number of nitrogens with one attached hydrogen (secondary N) is 1. The highest BCUT2D eigenvalue weighted by atomic mass is 16.1. The second kappa shape index (κ2) is 6.91. The van der Waals surface area contributed by atoms with Gasteiger partial charge in [0.25, 0.3) is 5.91 Å². The molecule has 3 N–H and O–H groups in total. The van der Waals surface area contributed by atoms with Crippen LogP contribution in [-0.2, 0) is 7.05 Å². The Bertz CT molecular complexity index is 1400. The zero-order chi connectivity index (χ0) is 21.7. The first-order chi connectivity index (χ1) is 14.9. The molecule has 9 nitrogen and oxygen atoms in total. The largest absolute Gasteiger partial charge is 0.382 e. The molecule has 0 saturated heterocycles. The molecule has 31 heavy (non-hydrogen) atoms. The van der Waals surface area contributed by atoms with E-state index in [0.717, 1.165) is 22.3 Å². The number of aryl methyl sites for hydroxylation is 3. The molecule has 1 aliphatic heterocycles. The summed E-state index contributed by atoms with van der Waals surface area (Å²) in [7, 11) is 1.91. The zero-order valence-corrected chi connectivity index (χ0v) is 17.2.